The number of amides is 1. The quantitative estimate of drug-likeness (QED) is 0.905. The maximum Gasteiger partial charge on any atom is 0.248 e. The Morgan fingerprint density at radius 1 is 1.22 bits per heavy atom. The van der Waals surface area contributed by atoms with Crippen molar-refractivity contribution < 1.29 is 14.6 Å². The lowest BCUT2D eigenvalue weighted by Gasteiger charge is -2.37. The molecule has 2 atom stereocenters. The lowest BCUT2D eigenvalue weighted by atomic mass is 9.96. The number of fused-ring (bicyclic) bond motifs is 1. The van der Waals surface area contributed by atoms with Crippen LogP contribution in [0.15, 0.2) is 24.3 Å². The Labute approximate surface area is 137 Å². The summed E-state index contributed by atoms with van der Waals surface area (Å²) < 4.78 is 4.94. The number of benzene rings is 1. The summed E-state index contributed by atoms with van der Waals surface area (Å²) in [5.41, 5.74) is 2.78. The Hall–Kier alpha value is -1.43. The van der Waals surface area contributed by atoms with Crippen molar-refractivity contribution in [2.24, 2.45) is 0 Å². The molecule has 0 radical (unpaired) electrons. The molecule has 1 fully saturated rings. The fourth-order valence-corrected chi connectivity index (χ4v) is 3.76. The van der Waals surface area contributed by atoms with Gasteiger partial charge in [0.15, 0.2) is 0 Å². The van der Waals surface area contributed by atoms with Gasteiger partial charge in [0.1, 0.15) is 6.61 Å². The van der Waals surface area contributed by atoms with Crippen molar-refractivity contribution in [3.63, 3.8) is 0 Å². The van der Waals surface area contributed by atoms with E-state index < -0.39 is 0 Å². The third-order valence-electron chi connectivity index (χ3n) is 5.08. The van der Waals surface area contributed by atoms with Gasteiger partial charge in [-0.2, -0.15) is 0 Å². The maximum atomic E-state index is 12.0. The highest BCUT2D eigenvalue weighted by atomic mass is 16.5. The standard InChI is InChI=1S/C18H26N2O3/c1-23-13-18(22)19-10-7-16(17(21)8-11-19)20-9-6-14-4-2-3-5-15(14)12-20/h2-5,16-17,21H,6-13H2,1H3/t16-,17-/m0/s1. The second-order valence-corrected chi connectivity index (χ2v) is 6.52. The number of hydrogen-bond donors (Lipinski definition) is 1. The van der Waals surface area contributed by atoms with Crippen molar-refractivity contribution in [1.29, 1.82) is 0 Å². The number of likely N-dealkylation sites (tertiary alicyclic amines) is 1. The van der Waals surface area contributed by atoms with Crippen molar-refractivity contribution in [3.05, 3.63) is 35.4 Å². The van der Waals surface area contributed by atoms with Crippen LogP contribution in [0.25, 0.3) is 0 Å². The van der Waals surface area contributed by atoms with Gasteiger partial charge in [-0.3, -0.25) is 9.69 Å². The molecule has 5 nitrogen and oxygen atoms in total. The lowest BCUT2D eigenvalue weighted by Crippen LogP contribution is -2.46. The molecule has 0 bridgehead atoms. The van der Waals surface area contributed by atoms with Gasteiger partial charge in [0.25, 0.3) is 0 Å². The number of carbonyl (C=O) groups is 1. The third kappa shape index (κ3) is 3.74. The molecule has 0 aromatic heterocycles. The summed E-state index contributed by atoms with van der Waals surface area (Å²) in [6.45, 7) is 3.30. The normalized spacial score (nSPS) is 25.7. The van der Waals surface area contributed by atoms with Gasteiger partial charge in [-0.1, -0.05) is 24.3 Å². The minimum atomic E-state index is -0.374. The second kappa shape index (κ2) is 7.43. The lowest BCUT2D eigenvalue weighted by molar-refractivity contribution is -0.135. The first-order chi connectivity index (χ1) is 11.2. The first-order valence-corrected chi connectivity index (χ1v) is 8.44. The summed E-state index contributed by atoms with van der Waals surface area (Å²) in [6.07, 6.45) is 2.11. The van der Waals surface area contributed by atoms with Crippen molar-refractivity contribution >= 4 is 5.91 Å². The number of rotatable bonds is 3. The van der Waals surface area contributed by atoms with Crippen LogP contribution in [-0.2, 0) is 22.5 Å². The zero-order chi connectivity index (χ0) is 16.2. The fourth-order valence-electron chi connectivity index (χ4n) is 3.76. The SMILES string of the molecule is COCC(=O)N1CC[C@H](O)[C@@H](N2CCc3ccccc3C2)CC1. The fraction of sp³-hybridized carbons (Fsp3) is 0.611. The second-order valence-electron chi connectivity index (χ2n) is 6.52. The third-order valence-corrected chi connectivity index (χ3v) is 5.08. The number of methoxy groups -OCH3 is 1. The molecule has 0 spiro atoms. The Balaban J connectivity index is 1.65. The number of aliphatic hydroxyl groups is 1. The maximum absolute atomic E-state index is 12.0. The number of hydrogen-bond acceptors (Lipinski definition) is 4. The molecule has 0 saturated carbocycles. The van der Waals surface area contributed by atoms with Crippen LogP contribution in [-0.4, -0.2) is 66.3 Å². The summed E-state index contributed by atoms with van der Waals surface area (Å²) in [7, 11) is 1.54. The van der Waals surface area contributed by atoms with Crippen LogP contribution in [0.4, 0.5) is 0 Å². The van der Waals surface area contributed by atoms with E-state index in [-0.39, 0.29) is 24.7 Å². The van der Waals surface area contributed by atoms with Gasteiger partial charge in [-0.15, -0.1) is 0 Å². The van der Waals surface area contributed by atoms with Crippen LogP contribution >= 0.6 is 0 Å². The molecule has 1 amide bonds. The largest absolute Gasteiger partial charge is 0.391 e. The van der Waals surface area contributed by atoms with Gasteiger partial charge >= 0.3 is 0 Å². The van der Waals surface area contributed by atoms with Crippen LogP contribution in [0.1, 0.15) is 24.0 Å². The summed E-state index contributed by atoms with van der Waals surface area (Å²) in [5.74, 6) is 0.0179. The number of nitrogens with zero attached hydrogens (tertiary/aromatic N) is 2. The number of ether oxygens (including phenoxy) is 1. The molecule has 1 aromatic rings. The molecule has 0 aliphatic carbocycles. The van der Waals surface area contributed by atoms with Crippen molar-refractivity contribution in [1.82, 2.24) is 9.80 Å². The Morgan fingerprint density at radius 2 is 1.96 bits per heavy atom. The molecule has 1 N–H and O–H groups in total. The average Bonchev–Trinajstić information content (AvgIpc) is 2.76. The zero-order valence-electron chi connectivity index (χ0n) is 13.8. The predicted molar refractivity (Wildman–Crippen MR) is 88.0 cm³/mol. The highest BCUT2D eigenvalue weighted by molar-refractivity contribution is 5.77. The topological polar surface area (TPSA) is 53.0 Å². The summed E-state index contributed by atoms with van der Waals surface area (Å²) in [6, 6.07) is 8.68. The van der Waals surface area contributed by atoms with Gasteiger partial charge in [0, 0.05) is 39.3 Å². The van der Waals surface area contributed by atoms with Gasteiger partial charge in [-0.05, 0) is 30.4 Å². The highest BCUT2D eigenvalue weighted by Crippen LogP contribution is 2.25. The Bertz CT molecular complexity index is 549. The van der Waals surface area contributed by atoms with Gasteiger partial charge in [0.05, 0.1) is 6.10 Å². The van der Waals surface area contributed by atoms with E-state index >= 15 is 0 Å². The molecular weight excluding hydrogens is 292 g/mol. The van der Waals surface area contributed by atoms with Crippen LogP contribution in [0.3, 0.4) is 0 Å². The predicted octanol–water partition coefficient (Wildman–Crippen LogP) is 1.04. The minimum Gasteiger partial charge on any atom is -0.391 e. The van der Waals surface area contributed by atoms with E-state index in [0.717, 1.165) is 25.9 Å². The molecule has 0 unspecified atom stereocenters. The van der Waals surface area contributed by atoms with Crippen LogP contribution in [0.2, 0.25) is 0 Å². The van der Waals surface area contributed by atoms with Crippen molar-refractivity contribution in [2.45, 2.75) is 38.0 Å². The molecule has 3 rings (SSSR count). The monoisotopic (exact) mass is 318 g/mol. The molecule has 2 heterocycles. The summed E-state index contributed by atoms with van der Waals surface area (Å²) in [4.78, 5) is 16.2. The Kier molecular flexibility index (Phi) is 5.30. The molecular formula is C18H26N2O3. The van der Waals surface area contributed by atoms with Crippen LogP contribution in [0, 0.1) is 0 Å². The van der Waals surface area contributed by atoms with E-state index in [9.17, 15) is 9.90 Å². The van der Waals surface area contributed by atoms with E-state index in [1.54, 1.807) is 7.11 Å². The number of carbonyl (C=O) groups excluding carboxylic acids is 1. The van der Waals surface area contributed by atoms with Crippen LogP contribution in [0.5, 0.6) is 0 Å². The summed E-state index contributed by atoms with van der Waals surface area (Å²) in [5, 5.41) is 10.6. The van der Waals surface area contributed by atoms with Gasteiger partial charge in [-0.25, -0.2) is 0 Å². The molecule has 5 heteroatoms. The number of aliphatic hydroxyl groups excluding tert-OH is 1. The molecule has 1 aromatic carbocycles. The van der Waals surface area contributed by atoms with E-state index in [1.807, 2.05) is 4.90 Å². The molecule has 126 valence electrons. The van der Waals surface area contributed by atoms with Gasteiger partial charge in [0.2, 0.25) is 5.91 Å². The first-order valence-electron chi connectivity index (χ1n) is 8.44. The molecule has 2 aliphatic heterocycles. The van der Waals surface area contributed by atoms with E-state index in [4.69, 9.17) is 4.74 Å². The highest BCUT2D eigenvalue weighted by Gasteiger charge is 2.32. The molecule has 1 saturated heterocycles. The van der Waals surface area contributed by atoms with Crippen molar-refractivity contribution in [2.75, 3.05) is 33.4 Å². The smallest absolute Gasteiger partial charge is 0.248 e. The Morgan fingerprint density at radius 3 is 2.74 bits per heavy atom. The zero-order valence-corrected chi connectivity index (χ0v) is 13.8. The van der Waals surface area contributed by atoms with E-state index in [1.165, 1.54) is 11.1 Å². The van der Waals surface area contributed by atoms with E-state index in [0.29, 0.717) is 19.5 Å². The van der Waals surface area contributed by atoms with E-state index in [2.05, 4.69) is 29.2 Å². The van der Waals surface area contributed by atoms with Crippen molar-refractivity contribution in [3.8, 4) is 0 Å². The van der Waals surface area contributed by atoms with Gasteiger partial charge < -0.3 is 14.7 Å². The average molecular weight is 318 g/mol. The van der Waals surface area contributed by atoms with Crippen LogP contribution < -0.4 is 0 Å². The molecule has 2 aliphatic rings. The summed E-state index contributed by atoms with van der Waals surface area (Å²) >= 11 is 0. The molecule has 23 heavy (non-hydrogen) atoms. The minimum absolute atomic E-state index is 0.0179. The first kappa shape index (κ1) is 16.4.